The maximum absolute atomic E-state index is 11.5. The Bertz CT molecular complexity index is 1220. The molecule has 188 valence electrons. The first-order valence-corrected chi connectivity index (χ1v) is 15.4. The number of nitrogens with zero attached hydrogens (tertiary/aromatic N) is 4. The quantitative estimate of drug-likeness (QED) is 0.298. The molecule has 4 heterocycles. The number of hydrogen-bond acceptors (Lipinski definition) is 7. The van der Waals surface area contributed by atoms with Gasteiger partial charge in [-0.2, -0.15) is 0 Å². The van der Waals surface area contributed by atoms with Crippen LogP contribution in [0.15, 0.2) is 29.1 Å². The molecule has 1 aliphatic heterocycles. The summed E-state index contributed by atoms with van der Waals surface area (Å²) >= 11 is 0. The number of likely N-dealkylation sites (tertiary alicyclic amines) is 1. The lowest BCUT2D eigenvalue weighted by atomic mass is 10.0. The molecule has 0 radical (unpaired) electrons. The third kappa shape index (κ3) is 5.82. The van der Waals surface area contributed by atoms with Crippen molar-refractivity contribution in [2.45, 2.75) is 51.3 Å². The van der Waals surface area contributed by atoms with Gasteiger partial charge < -0.3 is 34.8 Å². The molecular formula is C23H32N6O5Si. The Labute approximate surface area is 204 Å². The Morgan fingerprint density at radius 3 is 2.86 bits per heavy atom. The largest absolute Gasteiger partial charge is 0.465 e. The van der Waals surface area contributed by atoms with Crippen molar-refractivity contribution in [2.24, 2.45) is 5.73 Å². The van der Waals surface area contributed by atoms with E-state index in [0.29, 0.717) is 37.7 Å². The molecule has 4 rings (SSSR count). The van der Waals surface area contributed by atoms with E-state index >= 15 is 0 Å². The maximum Gasteiger partial charge on any atom is 0.407 e. The van der Waals surface area contributed by atoms with Crippen LogP contribution in [0.4, 0.5) is 10.5 Å². The molecule has 0 bridgehead atoms. The number of fused-ring (bicyclic) bond motifs is 1. The number of anilines is 1. The van der Waals surface area contributed by atoms with Crippen molar-refractivity contribution in [1.29, 1.82) is 0 Å². The van der Waals surface area contributed by atoms with Gasteiger partial charge in [-0.05, 0) is 25.0 Å². The Morgan fingerprint density at radius 1 is 1.37 bits per heavy atom. The molecule has 35 heavy (non-hydrogen) atoms. The Morgan fingerprint density at radius 2 is 2.17 bits per heavy atom. The summed E-state index contributed by atoms with van der Waals surface area (Å²) in [6, 6.07) is 2.90. The molecule has 0 spiro atoms. The van der Waals surface area contributed by atoms with E-state index in [4.69, 9.17) is 14.9 Å². The monoisotopic (exact) mass is 500 g/mol. The summed E-state index contributed by atoms with van der Waals surface area (Å²) in [5.74, 6) is -0.477. The molecule has 12 heteroatoms. The number of carboxylic acid groups (broad SMARTS) is 1. The minimum Gasteiger partial charge on any atom is -0.465 e. The average Bonchev–Trinajstić information content (AvgIpc) is 3.44. The topological polar surface area (TPSA) is 149 Å². The van der Waals surface area contributed by atoms with Gasteiger partial charge in [0.05, 0.1) is 11.3 Å². The number of pyridine rings is 1. The van der Waals surface area contributed by atoms with Gasteiger partial charge in [-0.1, -0.05) is 19.6 Å². The summed E-state index contributed by atoms with van der Waals surface area (Å²) in [6.07, 6.45) is 5.40. The summed E-state index contributed by atoms with van der Waals surface area (Å²) in [5, 5.41) is 13.8. The van der Waals surface area contributed by atoms with E-state index in [-0.39, 0.29) is 17.6 Å². The first-order valence-electron chi connectivity index (χ1n) is 11.7. The van der Waals surface area contributed by atoms with Crippen LogP contribution in [-0.2, 0) is 11.5 Å². The van der Waals surface area contributed by atoms with Crippen molar-refractivity contribution in [3.05, 3.63) is 30.4 Å². The van der Waals surface area contributed by atoms with Gasteiger partial charge in [0.25, 0.3) is 5.91 Å². The Kier molecular flexibility index (Phi) is 7.12. The molecule has 1 saturated heterocycles. The second-order valence-electron chi connectivity index (χ2n) is 10.0. The normalized spacial score (nSPS) is 16.5. The van der Waals surface area contributed by atoms with Crippen molar-refractivity contribution in [3.63, 3.8) is 0 Å². The summed E-state index contributed by atoms with van der Waals surface area (Å²) in [7, 11) is -1.19. The van der Waals surface area contributed by atoms with Crippen LogP contribution in [-0.4, -0.2) is 70.4 Å². The Balaban J connectivity index is 1.66. The standard InChI is InChI=1S/C23H32N6O5Si/c1-35(2,3)10-9-33-14-29-8-6-16-19(26-15-5-4-7-28(12-15)23(31)32)17(11-25-21(16)29)22-27-18(13-34-22)20(24)30/h6,8,11,13,15H,4-5,7,9-10,12,14H2,1-3H3,(H2,24,30)(H,25,26)(H,31,32). The van der Waals surface area contributed by atoms with Gasteiger partial charge in [-0.25, -0.2) is 14.8 Å². The second kappa shape index (κ2) is 10.1. The smallest absolute Gasteiger partial charge is 0.407 e. The highest BCUT2D eigenvalue weighted by Gasteiger charge is 2.26. The van der Waals surface area contributed by atoms with Crippen LogP contribution in [0.1, 0.15) is 23.3 Å². The zero-order valence-corrected chi connectivity index (χ0v) is 21.3. The molecular weight excluding hydrogens is 468 g/mol. The van der Waals surface area contributed by atoms with Crippen molar-refractivity contribution in [1.82, 2.24) is 19.4 Å². The fraction of sp³-hybridized carbons (Fsp3) is 0.478. The number of nitrogens with one attached hydrogen (secondary N) is 1. The average molecular weight is 501 g/mol. The van der Waals surface area contributed by atoms with Crippen LogP contribution in [0.3, 0.4) is 0 Å². The molecule has 1 aliphatic rings. The van der Waals surface area contributed by atoms with Crippen LogP contribution in [0.2, 0.25) is 25.7 Å². The summed E-state index contributed by atoms with van der Waals surface area (Å²) in [5.41, 5.74) is 7.37. The van der Waals surface area contributed by atoms with Crippen molar-refractivity contribution >= 4 is 36.8 Å². The molecule has 11 nitrogen and oxygen atoms in total. The van der Waals surface area contributed by atoms with E-state index in [0.717, 1.165) is 29.9 Å². The zero-order chi connectivity index (χ0) is 25.2. The lowest BCUT2D eigenvalue weighted by molar-refractivity contribution is 0.0899. The molecule has 3 aromatic rings. The number of oxazole rings is 1. The van der Waals surface area contributed by atoms with E-state index in [1.54, 1.807) is 6.20 Å². The third-order valence-corrected chi connectivity index (χ3v) is 7.75. The number of piperidine rings is 1. The predicted molar refractivity (Wildman–Crippen MR) is 134 cm³/mol. The second-order valence-corrected chi connectivity index (χ2v) is 15.7. The molecule has 0 aliphatic carbocycles. The van der Waals surface area contributed by atoms with Gasteiger partial charge in [-0.3, -0.25) is 4.79 Å². The number of carbonyl (C=O) groups excluding carboxylic acids is 1. The van der Waals surface area contributed by atoms with Crippen LogP contribution in [0, 0.1) is 0 Å². The summed E-state index contributed by atoms with van der Waals surface area (Å²) < 4.78 is 13.4. The van der Waals surface area contributed by atoms with Gasteiger partial charge in [-0.15, -0.1) is 0 Å². The number of primary amides is 1. The first kappa shape index (κ1) is 24.7. The van der Waals surface area contributed by atoms with Gasteiger partial charge >= 0.3 is 6.09 Å². The number of hydrogen-bond donors (Lipinski definition) is 3. The molecule has 1 fully saturated rings. The first-order chi connectivity index (χ1) is 16.6. The van der Waals surface area contributed by atoms with Crippen molar-refractivity contribution < 1.29 is 23.8 Å². The van der Waals surface area contributed by atoms with E-state index < -0.39 is 20.1 Å². The number of aromatic nitrogens is 3. The molecule has 1 atom stereocenters. The van der Waals surface area contributed by atoms with Crippen molar-refractivity contribution in [2.75, 3.05) is 25.0 Å². The van der Waals surface area contributed by atoms with Gasteiger partial charge in [0.2, 0.25) is 5.89 Å². The highest BCUT2D eigenvalue weighted by Crippen LogP contribution is 2.35. The lowest BCUT2D eigenvalue weighted by Gasteiger charge is -2.32. The summed E-state index contributed by atoms with van der Waals surface area (Å²) in [6.45, 7) is 8.87. The molecule has 3 aromatic heterocycles. The molecule has 4 N–H and O–H groups in total. The van der Waals surface area contributed by atoms with Crippen molar-refractivity contribution in [3.8, 4) is 11.5 Å². The number of nitrogens with two attached hydrogens (primary N) is 1. The van der Waals surface area contributed by atoms with E-state index in [1.807, 2.05) is 16.8 Å². The molecule has 1 unspecified atom stereocenters. The van der Waals surface area contributed by atoms with E-state index in [1.165, 1.54) is 11.2 Å². The summed E-state index contributed by atoms with van der Waals surface area (Å²) in [4.78, 5) is 33.3. The number of carbonyl (C=O) groups is 2. The van der Waals surface area contributed by atoms with Crippen LogP contribution in [0.5, 0.6) is 0 Å². The minimum atomic E-state index is -1.19. The van der Waals surface area contributed by atoms with Gasteiger partial charge in [0, 0.05) is 51.6 Å². The fourth-order valence-corrected chi connectivity index (χ4v) is 4.84. The highest BCUT2D eigenvalue weighted by atomic mass is 28.3. The van der Waals surface area contributed by atoms with E-state index in [9.17, 15) is 14.7 Å². The zero-order valence-electron chi connectivity index (χ0n) is 20.3. The molecule has 0 saturated carbocycles. The number of ether oxygens (including phenoxy) is 1. The van der Waals surface area contributed by atoms with E-state index in [2.05, 4.69) is 34.9 Å². The fourth-order valence-electron chi connectivity index (χ4n) is 4.09. The van der Waals surface area contributed by atoms with Gasteiger partial charge in [0.15, 0.2) is 5.69 Å². The maximum atomic E-state index is 11.5. The molecule has 0 aromatic carbocycles. The van der Waals surface area contributed by atoms with Crippen LogP contribution < -0.4 is 11.1 Å². The lowest BCUT2D eigenvalue weighted by Crippen LogP contribution is -2.44. The highest BCUT2D eigenvalue weighted by molar-refractivity contribution is 6.76. The van der Waals surface area contributed by atoms with Crippen LogP contribution in [0.25, 0.3) is 22.5 Å². The predicted octanol–water partition coefficient (Wildman–Crippen LogP) is 3.66. The number of rotatable bonds is 9. The molecule has 2 amide bonds. The third-order valence-electron chi connectivity index (χ3n) is 6.04. The Hall–Kier alpha value is -3.38. The van der Waals surface area contributed by atoms with Crippen LogP contribution >= 0.6 is 0 Å². The minimum absolute atomic E-state index is 0.0223. The number of amides is 2. The SMILES string of the molecule is C[Si](C)(C)CCOCn1ccc2c(NC3CCCN(C(=O)O)C3)c(-c3nc(C(N)=O)co3)cnc21. The van der Waals surface area contributed by atoms with Gasteiger partial charge in [0.1, 0.15) is 18.6 Å².